The van der Waals surface area contributed by atoms with Crippen molar-refractivity contribution in [1.29, 1.82) is 0 Å². The predicted molar refractivity (Wildman–Crippen MR) is 77.8 cm³/mol. The van der Waals surface area contributed by atoms with Gasteiger partial charge < -0.3 is 10.4 Å². The van der Waals surface area contributed by atoms with Crippen molar-refractivity contribution < 1.29 is 19.9 Å². The Bertz CT molecular complexity index is 786. The van der Waals surface area contributed by atoms with E-state index in [0.717, 1.165) is 0 Å². The first kappa shape index (κ1) is 15.6. The van der Waals surface area contributed by atoms with Gasteiger partial charge in [-0.15, -0.1) is 0 Å². The molecule has 0 radical (unpaired) electrons. The lowest BCUT2D eigenvalue weighted by molar-refractivity contribution is -0.401. The summed E-state index contributed by atoms with van der Waals surface area (Å²) >= 11 is 0. The molecule has 118 valence electrons. The normalized spacial score (nSPS) is 10.1. The first-order chi connectivity index (χ1) is 10.8. The summed E-state index contributed by atoms with van der Waals surface area (Å²) in [5, 5.41) is 45.0. The van der Waals surface area contributed by atoms with E-state index in [0.29, 0.717) is 12.1 Å². The summed E-state index contributed by atoms with van der Waals surface area (Å²) in [7, 11) is 0. The number of benzene rings is 2. The molecule has 0 heterocycles. The van der Waals surface area contributed by atoms with Gasteiger partial charge in [-0.05, 0) is 12.1 Å². The highest BCUT2D eigenvalue weighted by molar-refractivity contribution is 5.82. The summed E-state index contributed by atoms with van der Waals surface area (Å²) in [5.41, 5.74) is -3.07. The van der Waals surface area contributed by atoms with Crippen molar-refractivity contribution in [3.63, 3.8) is 0 Å². The topological polar surface area (TPSA) is 162 Å². The third-order valence-electron chi connectivity index (χ3n) is 2.85. The number of nitro groups is 3. The molecule has 23 heavy (non-hydrogen) atoms. The molecule has 0 unspecified atom stereocenters. The smallest absolute Gasteiger partial charge is 0.306 e. The second-order valence-corrected chi connectivity index (χ2v) is 4.27. The van der Waals surface area contributed by atoms with Crippen molar-refractivity contribution >= 4 is 28.4 Å². The van der Waals surface area contributed by atoms with Crippen LogP contribution >= 0.6 is 0 Å². The summed E-state index contributed by atoms with van der Waals surface area (Å²) < 4.78 is 0. The number of non-ortho nitro benzene ring substituents is 1. The monoisotopic (exact) mass is 320 g/mol. The fourth-order valence-electron chi connectivity index (χ4n) is 1.83. The van der Waals surface area contributed by atoms with Crippen molar-refractivity contribution in [3.8, 4) is 5.75 Å². The van der Waals surface area contributed by atoms with E-state index in [-0.39, 0.29) is 11.4 Å². The zero-order chi connectivity index (χ0) is 17.1. The van der Waals surface area contributed by atoms with Gasteiger partial charge in [0.1, 0.15) is 5.75 Å². The Morgan fingerprint density at radius 1 is 0.870 bits per heavy atom. The van der Waals surface area contributed by atoms with Gasteiger partial charge in [0.05, 0.1) is 32.6 Å². The third-order valence-corrected chi connectivity index (χ3v) is 2.85. The van der Waals surface area contributed by atoms with Crippen molar-refractivity contribution in [3.05, 3.63) is 66.7 Å². The SMILES string of the molecule is O=[N+]([O-])c1cc([N+](=O)[O-])c(Nc2ccccc2O)c([N+](=O)[O-])c1. The van der Waals surface area contributed by atoms with E-state index in [1.165, 1.54) is 24.3 Å². The van der Waals surface area contributed by atoms with Crippen LogP contribution in [0.1, 0.15) is 0 Å². The number of anilines is 2. The zero-order valence-electron chi connectivity index (χ0n) is 11.2. The minimum absolute atomic E-state index is 0.0208. The summed E-state index contributed by atoms with van der Waals surface area (Å²) in [6.45, 7) is 0. The molecule has 0 aromatic heterocycles. The number of rotatable bonds is 5. The van der Waals surface area contributed by atoms with E-state index in [2.05, 4.69) is 5.32 Å². The maximum absolute atomic E-state index is 11.1. The number of para-hydroxylation sites is 2. The zero-order valence-corrected chi connectivity index (χ0v) is 11.2. The molecule has 11 heteroatoms. The minimum Gasteiger partial charge on any atom is -0.506 e. The van der Waals surface area contributed by atoms with Crippen LogP contribution < -0.4 is 5.32 Å². The summed E-state index contributed by atoms with van der Waals surface area (Å²) in [4.78, 5) is 30.0. The number of hydrogen-bond donors (Lipinski definition) is 2. The van der Waals surface area contributed by atoms with Crippen molar-refractivity contribution in [2.24, 2.45) is 0 Å². The number of phenolic OH excluding ortho intramolecular Hbond substituents is 1. The maximum Gasteiger partial charge on any atom is 0.306 e. The van der Waals surface area contributed by atoms with Gasteiger partial charge in [0.2, 0.25) is 0 Å². The molecule has 2 rings (SSSR count). The quantitative estimate of drug-likeness (QED) is 0.482. The van der Waals surface area contributed by atoms with Gasteiger partial charge in [-0.1, -0.05) is 12.1 Å². The van der Waals surface area contributed by atoms with Gasteiger partial charge in [-0.3, -0.25) is 30.3 Å². The fraction of sp³-hybridized carbons (Fsp3) is 0. The van der Waals surface area contributed by atoms with Gasteiger partial charge in [0, 0.05) is 0 Å². The molecule has 0 atom stereocenters. The van der Waals surface area contributed by atoms with Gasteiger partial charge in [-0.2, -0.15) is 0 Å². The van der Waals surface area contributed by atoms with Crippen LogP contribution in [0.2, 0.25) is 0 Å². The van der Waals surface area contributed by atoms with E-state index in [1.807, 2.05) is 0 Å². The molecule has 0 bridgehead atoms. The average molecular weight is 320 g/mol. The average Bonchev–Trinajstić information content (AvgIpc) is 2.48. The van der Waals surface area contributed by atoms with E-state index < -0.39 is 37.5 Å². The highest BCUT2D eigenvalue weighted by Crippen LogP contribution is 2.41. The van der Waals surface area contributed by atoms with Crippen LogP contribution in [0.15, 0.2) is 36.4 Å². The van der Waals surface area contributed by atoms with E-state index in [9.17, 15) is 35.4 Å². The molecular weight excluding hydrogens is 312 g/mol. The van der Waals surface area contributed by atoms with Crippen LogP contribution in [0.4, 0.5) is 28.4 Å². The molecule has 0 aliphatic heterocycles. The van der Waals surface area contributed by atoms with Crippen LogP contribution in [0.5, 0.6) is 5.75 Å². The second kappa shape index (κ2) is 5.93. The van der Waals surface area contributed by atoms with Gasteiger partial charge in [0.25, 0.3) is 5.69 Å². The molecule has 0 saturated heterocycles. The number of nitrogens with one attached hydrogen (secondary N) is 1. The molecule has 0 fully saturated rings. The molecule has 0 aliphatic carbocycles. The van der Waals surface area contributed by atoms with Crippen molar-refractivity contribution in [2.45, 2.75) is 0 Å². The molecule has 2 aromatic rings. The Labute approximate surface area is 127 Å². The Hall–Kier alpha value is -3.76. The Morgan fingerprint density at radius 2 is 1.39 bits per heavy atom. The van der Waals surface area contributed by atoms with Gasteiger partial charge >= 0.3 is 11.4 Å². The summed E-state index contributed by atoms with van der Waals surface area (Å²) in [5.74, 6) is -0.297. The number of aromatic hydroxyl groups is 1. The van der Waals surface area contributed by atoms with E-state index >= 15 is 0 Å². The van der Waals surface area contributed by atoms with Gasteiger partial charge in [-0.25, -0.2) is 0 Å². The Morgan fingerprint density at radius 3 is 1.83 bits per heavy atom. The van der Waals surface area contributed by atoms with Gasteiger partial charge in [0.15, 0.2) is 5.69 Å². The molecule has 2 N–H and O–H groups in total. The predicted octanol–water partition coefficient (Wildman–Crippen LogP) is 2.86. The van der Waals surface area contributed by atoms with Crippen LogP contribution in [0, 0.1) is 30.3 Å². The number of hydrogen-bond acceptors (Lipinski definition) is 8. The lowest BCUT2D eigenvalue weighted by Crippen LogP contribution is -2.03. The summed E-state index contributed by atoms with van der Waals surface area (Å²) in [6, 6.07) is 6.80. The van der Waals surface area contributed by atoms with Crippen molar-refractivity contribution in [1.82, 2.24) is 0 Å². The number of nitrogens with zero attached hydrogens (tertiary/aromatic N) is 3. The second-order valence-electron chi connectivity index (χ2n) is 4.27. The molecule has 11 nitrogen and oxygen atoms in total. The number of nitro benzene ring substituents is 3. The maximum atomic E-state index is 11.1. The molecule has 0 spiro atoms. The first-order valence-corrected chi connectivity index (χ1v) is 5.97. The molecule has 2 aromatic carbocycles. The van der Waals surface area contributed by atoms with Crippen LogP contribution in [-0.2, 0) is 0 Å². The lowest BCUT2D eigenvalue weighted by Gasteiger charge is -2.09. The summed E-state index contributed by atoms with van der Waals surface area (Å²) in [6.07, 6.45) is 0. The minimum atomic E-state index is -0.984. The third kappa shape index (κ3) is 3.12. The Kier molecular flexibility index (Phi) is 4.03. The lowest BCUT2D eigenvalue weighted by atomic mass is 10.2. The standard InChI is InChI=1S/C12H8N4O7/c17-11-4-2-1-3-8(11)13-12-9(15(20)21)5-7(14(18)19)6-10(12)16(22)23/h1-6,13,17H. The Balaban J connectivity index is 2.69. The number of phenols is 1. The largest absolute Gasteiger partial charge is 0.506 e. The van der Waals surface area contributed by atoms with E-state index in [1.54, 1.807) is 0 Å². The molecule has 0 amide bonds. The molecular formula is C12H8N4O7. The highest BCUT2D eigenvalue weighted by Gasteiger charge is 2.31. The van der Waals surface area contributed by atoms with Crippen molar-refractivity contribution in [2.75, 3.05) is 5.32 Å². The molecule has 0 saturated carbocycles. The van der Waals surface area contributed by atoms with Crippen LogP contribution in [0.25, 0.3) is 0 Å². The molecule has 0 aliphatic rings. The fourth-order valence-corrected chi connectivity index (χ4v) is 1.83. The first-order valence-electron chi connectivity index (χ1n) is 5.97. The van der Waals surface area contributed by atoms with E-state index in [4.69, 9.17) is 0 Å². The van der Waals surface area contributed by atoms with Crippen LogP contribution in [0.3, 0.4) is 0 Å². The van der Waals surface area contributed by atoms with Crippen LogP contribution in [-0.4, -0.2) is 19.9 Å². The highest BCUT2D eigenvalue weighted by atomic mass is 16.6.